The molecular weight excluding hydrogens is 296 g/mol. The lowest BCUT2D eigenvalue weighted by molar-refractivity contribution is 0.0696. The molecule has 0 unspecified atom stereocenters. The molecule has 2 rings (SSSR count). The third-order valence-corrected chi connectivity index (χ3v) is 4.09. The van der Waals surface area contributed by atoms with Gasteiger partial charge < -0.3 is 10.1 Å². The van der Waals surface area contributed by atoms with Crippen molar-refractivity contribution in [3.05, 3.63) is 58.0 Å². The van der Waals surface area contributed by atoms with Gasteiger partial charge in [0.2, 0.25) is 0 Å². The maximum Gasteiger partial charge on any atom is 0.335 e. The Kier molecular flexibility index (Phi) is 3.81. The molecule has 0 atom stereocenters. The minimum Gasteiger partial charge on any atom is -0.478 e. The van der Waals surface area contributed by atoms with E-state index in [1.807, 2.05) is 0 Å². The van der Waals surface area contributed by atoms with Crippen LogP contribution in [0.4, 0.5) is 5.69 Å². The number of rotatable bonds is 4. The van der Waals surface area contributed by atoms with Gasteiger partial charge in [-0.25, -0.2) is 13.2 Å². The third-order valence-electron chi connectivity index (χ3n) is 2.71. The molecule has 21 heavy (non-hydrogen) atoms. The Balaban J connectivity index is 2.34. The molecule has 0 aliphatic heterocycles. The zero-order valence-electron chi connectivity index (χ0n) is 11.0. The van der Waals surface area contributed by atoms with Crippen LogP contribution >= 0.6 is 0 Å². The highest BCUT2D eigenvalue weighted by atomic mass is 32.2. The van der Waals surface area contributed by atoms with E-state index in [4.69, 9.17) is 5.11 Å². The third kappa shape index (κ3) is 3.29. The number of hydrogen-bond acceptors (Lipinski definition) is 4. The lowest BCUT2D eigenvalue weighted by Gasteiger charge is -2.07. The first-order valence-corrected chi connectivity index (χ1v) is 7.34. The van der Waals surface area contributed by atoms with Gasteiger partial charge in [-0.3, -0.25) is 9.52 Å². The van der Waals surface area contributed by atoms with Gasteiger partial charge in [0.15, 0.2) is 0 Å². The Morgan fingerprint density at radius 2 is 1.76 bits per heavy atom. The van der Waals surface area contributed by atoms with Gasteiger partial charge in [0.1, 0.15) is 5.69 Å². The molecule has 0 saturated heterocycles. The second kappa shape index (κ2) is 5.41. The first-order valence-electron chi connectivity index (χ1n) is 5.86. The van der Waals surface area contributed by atoms with Crippen molar-refractivity contribution in [2.75, 3.05) is 4.72 Å². The molecule has 0 amide bonds. The highest BCUT2D eigenvalue weighted by Crippen LogP contribution is 2.14. The minimum atomic E-state index is -3.95. The summed E-state index contributed by atoms with van der Waals surface area (Å²) in [5.41, 5.74) is -0.0838. The number of anilines is 1. The van der Waals surface area contributed by atoms with Gasteiger partial charge in [-0.15, -0.1) is 0 Å². The molecule has 8 heteroatoms. The molecule has 0 fully saturated rings. The Morgan fingerprint density at radius 3 is 2.29 bits per heavy atom. The molecule has 0 spiro atoms. The average molecular weight is 308 g/mol. The van der Waals surface area contributed by atoms with Gasteiger partial charge in [-0.2, -0.15) is 0 Å². The van der Waals surface area contributed by atoms with E-state index in [2.05, 4.69) is 9.71 Å². The van der Waals surface area contributed by atoms with Crippen LogP contribution in [-0.2, 0) is 10.0 Å². The predicted molar refractivity (Wildman–Crippen MR) is 76.0 cm³/mol. The van der Waals surface area contributed by atoms with Gasteiger partial charge in [0.25, 0.3) is 15.6 Å². The summed E-state index contributed by atoms with van der Waals surface area (Å²) in [5, 5.41) is 8.77. The average Bonchev–Trinajstić information content (AvgIpc) is 2.42. The monoisotopic (exact) mass is 308 g/mol. The van der Waals surface area contributed by atoms with E-state index < -0.39 is 21.6 Å². The van der Waals surface area contributed by atoms with Crippen LogP contribution < -0.4 is 10.3 Å². The molecule has 2 aromatic rings. The molecule has 0 bridgehead atoms. The van der Waals surface area contributed by atoms with Crippen molar-refractivity contribution in [1.82, 2.24) is 4.98 Å². The Bertz CT molecular complexity index is 838. The summed E-state index contributed by atoms with van der Waals surface area (Å²) < 4.78 is 26.4. The fourth-order valence-electron chi connectivity index (χ4n) is 1.63. The fraction of sp³-hybridized carbons (Fsp3) is 0.0769. The first-order chi connectivity index (χ1) is 9.79. The van der Waals surface area contributed by atoms with Crippen molar-refractivity contribution in [2.45, 2.75) is 11.8 Å². The van der Waals surface area contributed by atoms with Crippen molar-refractivity contribution in [2.24, 2.45) is 0 Å². The van der Waals surface area contributed by atoms with E-state index in [1.165, 1.54) is 18.2 Å². The molecule has 1 aromatic carbocycles. The first kappa shape index (κ1) is 14.8. The van der Waals surface area contributed by atoms with Crippen molar-refractivity contribution >= 4 is 21.7 Å². The van der Waals surface area contributed by atoms with Crippen LogP contribution in [-0.4, -0.2) is 24.5 Å². The molecule has 1 aromatic heterocycles. The molecule has 110 valence electrons. The van der Waals surface area contributed by atoms with Gasteiger partial charge in [-0.1, -0.05) is 0 Å². The van der Waals surface area contributed by atoms with E-state index in [9.17, 15) is 18.0 Å². The van der Waals surface area contributed by atoms with Crippen LogP contribution in [0.15, 0.2) is 46.1 Å². The van der Waals surface area contributed by atoms with Crippen molar-refractivity contribution in [3.63, 3.8) is 0 Å². The largest absolute Gasteiger partial charge is 0.478 e. The number of aryl methyl sites for hydroxylation is 1. The standard InChI is InChI=1S/C13H12N2O5S/c1-8-2-7-11(12(16)14-8)15-21(19,20)10-5-3-9(4-6-10)13(17)18/h2-7,15H,1H3,(H,14,16)(H,17,18). The number of carbonyl (C=O) groups is 1. The number of aromatic carboxylic acids is 1. The van der Waals surface area contributed by atoms with Crippen LogP contribution in [0.5, 0.6) is 0 Å². The maximum absolute atomic E-state index is 12.1. The molecular formula is C13H12N2O5S. The molecule has 3 N–H and O–H groups in total. The minimum absolute atomic E-state index is 0.0258. The second-order valence-electron chi connectivity index (χ2n) is 4.32. The SMILES string of the molecule is Cc1ccc(NS(=O)(=O)c2ccc(C(=O)O)cc2)c(=O)[nH]1. The van der Waals surface area contributed by atoms with Gasteiger partial charge >= 0.3 is 5.97 Å². The number of carboxylic acids is 1. The predicted octanol–water partition coefficient (Wildman–Crippen LogP) is 1.18. The number of carboxylic acid groups (broad SMARTS) is 1. The summed E-state index contributed by atoms with van der Waals surface area (Å²) in [6.07, 6.45) is 0. The smallest absolute Gasteiger partial charge is 0.335 e. The zero-order valence-corrected chi connectivity index (χ0v) is 11.8. The van der Waals surface area contributed by atoms with E-state index in [1.54, 1.807) is 13.0 Å². The molecule has 0 radical (unpaired) electrons. The summed E-state index contributed by atoms with van der Waals surface area (Å²) in [7, 11) is -3.95. The second-order valence-corrected chi connectivity index (χ2v) is 6.00. The number of aromatic amines is 1. The summed E-state index contributed by atoms with van der Waals surface area (Å²) >= 11 is 0. The molecule has 0 aliphatic carbocycles. The Labute approximate surface area is 120 Å². The molecule has 0 saturated carbocycles. The highest BCUT2D eigenvalue weighted by Gasteiger charge is 2.16. The van der Waals surface area contributed by atoms with Gasteiger partial charge in [0.05, 0.1) is 10.5 Å². The molecule has 1 heterocycles. The summed E-state index contributed by atoms with van der Waals surface area (Å²) in [5.74, 6) is -1.15. The van der Waals surface area contributed by atoms with Gasteiger partial charge in [-0.05, 0) is 43.3 Å². The van der Waals surface area contributed by atoms with Crippen molar-refractivity contribution in [3.8, 4) is 0 Å². The van der Waals surface area contributed by atoms with E-state index in [-0.39, 0.29) is 16.1 Å². The number of benzene rings is 1. The quantitative estimate of drug-likeness (QED) is 0.784. The Morgan fingerprint density at radius 1 is 1.14 bits per heavy atom. The zero-order chi connectivity index (χ0) is 15.6. The fourth-order valence-corrected chi connectivity index (χ4v) is 2.70. The van der Waals surface area contributed by atoms with E-state index >= 15 is 0 Å². The van der Waals surface area contributed by atoms with E-state index in [0.717, 1.165) is 12.1 Å². The molecule has 0 aliphatic rings. The maximum atomic E-state index is 12.1. The number of aromatic nitrogens is 1. The van der Waals surface area contributed by atoms with Crippen molar-refractivity contribution < 1.29 is 18.3 Å². The van der Waals surface area contributed by atoms with Crippen molar-refractivity contribution in [1.29, 1.82) is 0 Å². The van der Waals surface area contributed by atoms with Crippen LogP contribution in [0.3, 0.4) is 0 Å². The normalized spacial score (nSPS) is 11.1. The number of hydrogen-bond donors (Lipinski definition) is 3. The number of sulfonamides is 1. The van der Waals surface area contributed by atoms with Crippen LogP contribution in [0, 0.1) is 6.92 Å². The van der Waals surface area contributed by atoms with Crippen LogP contribution in [0.25, 0.3) is 0 Å². The Hall–Kier alpha value is -2.61. The van der Waals surface area contributed by atoms with Crippen LogP contribution in [0.2, 0.25) is 0 Å². The number of H-pyrrole nitrogens is 1. The number of pyridine rings is 1. The summed E-state index contributed by atoms with van der Waals surface area (Å²) in [6.45, 7) is 1.67. The highest BCUT2D eigenvalue weighted by molar-refractivity contribution is 7.92. The summed E-state index contributed by atoms with van der Waals surface area (Å²) in [6, 6.07) is 7.60. The number of nitrogens with one attached hydrogen (secondary N) is 2. The van der Waals surface area contributed by atoms with Crippen LogP contribution in [0.1, 0.15) is 16.1 Å². The van der Waals surface area contributed by atoms with E-state index in [0.29, 0.717) is 5.69 Å². The lowest BCUT2D eigenvalue weighted by atomic mass is 10.2. The van der Waals surface area contributed by atoms with Gasteiger partial charge in [0, 0.05) is 5.69 Å². The summed E-state index contributed by atoms with van der Waals surface area (Å²) in [4.78, 5) is 24.7. The lowest BCUT2D eigenvalue weighted by Crippen LogP contribution is -2.20. The molecule has 7 nitrogen and oxygen atoms in total. The topological polar surface area (TPSA) is 116 Å².